The molecule has 0 spiro atoms. The van der Waals surface area contributed by atoms with E-state index in [1.54, 1.807) is 17.8 Å². The maximum Gasteiger partial charge on any atom is 0.336 e. The molecule has 0 aliphatic heterocycles. The highest BCUT2D eigenvalue weighted by Crippen LogP contribution is 2.26. The molecule has 0 aliphatic rings. The van der Waals surface area contributed by atoms with Crippen LogP contribution in [0.3, 0.4) is 0 Å². The average Bonchev–Trinajstić information content (AvgIpc) is 2.50. The summed E-state index contributed by atoms with van der Waals surface area (Å²) in [6.45, 7) is 1.05. The third kappa shape index (κ3) is 4.12. The molecule has 5 heteroatoms. The first kappa shape index (κ1) is 15.7. The predicted octanol–water partition coefficient (Wildman–Crippen LogP) is 3.07. The number of carbonyl (C=O) groups is 1. The molecule has 0 bridgehead atoms. The summed E-state index contributed by atoms with van der Waals surface area (Å²) in [5.74, 6) is 1.00. The Morgan fingerprint density at radius 2 is 1.86 bits per heavy atom. The van der Waals surface area contributed by atoms with Crippen molar-refractivity contribution in [3.05, 3.63) is 42.0 Å². The molecule has 0 aromatic heterocycles. The minimum Gasteiger partial charge on any atom is -0.478 e. The SMILES string of the molecule is O=C(O)c1ccc(NCCSCCCO)c2ccccc12. The summed E-state index contributed by atoms with van der Waals surface area (Å²) in [6, 6.07) is 11.0. The summed E-state index contributed by atoms with van der Waals surface area (Å²) in [7, 11) is 0. The van der Waals surface area contributed by atoms with Crippen LogP contribution in [0.25, 0.3) is 10.8 Å². The normalized spacial score (nSPS) is 10.7. The smallest absolute Gasteiger partial charge is 0.336 e. The van der Waals surface area contributed by atoms with Gasteiger partial charge in [-0.3, -0.25) is 0 Å². The summed E-state index contributed by atoms with van der Waals surface area (Å²) in [4.78, 5) is 11.2. The molecule has 0 saturated heterocycles. The van der Waals surface area contributed by atoms with Crippen molar-refractivity contribution in [2.24, 2.45) is 0 Å². The number of benzene rings is 2. The van der Waals surface area contributed by atoms with Crippen molar-refractivity contribution in [1.29, 1.82) is 0 Å². The molecule has 2 rings (SSSR count). The number of carboxylic acid groups (broad SMARTS) is 1. The number of aliphatic hydroxyl groups excluding tert-OH is 1. The molecule has 2 aromatic rings. The quantitative estimate of drug-likeness (QED) is 0.654. The van der Waals surface area contributed by atoms with Crippen LogP contribution in [0.2, 0.25) is 0 Å². The van der Waals surface area contributed by atoms with Crippen molar-refractivity contribution >= 4 is 34.2 Å². The van der Waals surface area contributed by atoms with Crippen molar-refractivity contribution < 1.29 is 15.0 Å². The Labute approximate surface area is 128 Å². The molecular weight excluding hydrogens is 286 g/mol. The van der Waals surface area contributed by atoms with E-state index in [9.17, 15) is 9.90 Å². The van der Waals surface area contributed by atoms with Crippen LogP contribution in [-0.2, 0) is 0 Å². The van der Waals surface area contributed by atoms with Gasteiger partial charge in [-0.1, -0.05) is 24.3 Å². The number of anilines is 1. The number of fused-ring (bicyclic) bond motifs is 1. The lowest BCUT2D eigenvalue weighted by molar-refractivity contribution is 0.0699. The summed E-state index contributed by atoms with van der Waals surface area (Å²) in [5.41, 5.74) is 1.28. The maximum absolute atomic E-state index is 11.2. The van der Waals surface area contributed by atoms with E-state index in [1.807, 2.05) is 30.3 Å². The van der Waals surface area contributed by atoms with Crippen molar-refractivity contribution in [3.8, 4) is 0 Å². The number of rotatable bonds is 8. The second-order valence-electron chi connectivity index (χ2n) is 4.63. The number of hydrogen-bond donors (Lipinski definition) is 3. The van der Waals surface area contributed by atoms with Gasteiger partial charge < -0.3 is 15.5 Å². The number of aliphatic hydroxyl groups is 1. The molecule has 112 valence electrons. The van der Waals surface area contributed by atoms with Crippen LogP contribution in [-0.4, -0.2) is 40.8 Å². The van der Waals surface area contributed by atoms with Crippen LogP contribution >= 0.6 is 11.8 Å². The van der Waals surface area contributed by atoms with Crippen LogP contribution in [0.1, 0.15) is 16.8 Å². The largest absolute Gasteiger partial charge is 0.478 e. The maximum atomic E-state index is 11.2. The fourth-order valence-corrected chi connectivity index (χ4v) is 2.95. The lowest BCUT2D eigenvalue weighted by Crippen LogP contribution is -2.06. The summed E-state index contributed by atoms with van der Waals surface area (Å²) in [6.07, 6.45) is 0.820. The number of aromatic carboxylic acids is 1. The summed E-state index contributed by atoms with van der Waals surface area (Å²) >= 11 is 1.79. The van der Waals surface area contributed by atoms with Gasteiger partial charge in [-0.2, -0.15) is 11.8 Å². The van der Waals surface area contributed by atoms with E-state index in [0.29, 0.717) is 5.56 Å². The average molecular weight is 305 g/mol. The number of nitrogens with one attached hydrogen (secondary N) is 1. The van der Waals surface area contributed by atoms with E-state index in [4.69, 9.17) is 5.11 Å². The van der Waals surface area contributed by atoms with E-state index in [1.165, 1.54) is 0 Å². The van der Waals surface area contributed by atoms with Crippen molar-refractivity contribution in [3.63, 3.8) is 0 Å². The zero-order valence-electron chi connectivity index (χ0n) is 11.7. The van der Waals surface area contributed by atoms with Gasteiger partial charge in [0.1, 0.15) is 0 Å². The Morgan fingerprint density at radius 1 is 1.10 bits per heavy atom. The molecule has 0 aliphatic carbocycles. The van der Waals surface area contributed by atoms with Gasteiger partial charge in [0.2, 0.25) is 0 Å². The Bertz CT molecular complexity index is 615. The van der Waals surface area contributed by atoms with E-state index in [-0.39, 0.29) is 6.61 Å². The molecule has 0 saturated carbocycles. The molecule has 21 heavy (non-hydrogen) atoms. The van der Waals surface area contributed by atoms with Gasteiger partial charge in [-0.05, 0) is 29.7 Å². The minimum atomic E-state index is -0.905. The third-order valence-corrected chi connectivity index (χ3v) is 4.23. The first-order chi connectivity index (χ1) is 10.2. The van der Waals surface area contributed by atoms with Gasteiger partial charge in [0, 0.05) is 30.0 Å². The Morgan fingerprint density at radius 3 is 2.57 bits per heavy atom. The van der Waals surface area contributed by atoms with E-state index < -0.39 is 5.97 Å². The standard InChI is InChI=1S/C16H19NO3S/c18-9-3-10-21-11-8-17-15-7-6-14(16(19)20)12-4-1-2-5-13(12)15/h1-2,4-7,17-18H,3,8-11H2,(H,19,20). The van der Waals surface area contributed by atoms with Gasteiger partial charge in [0.05, 0.1) is 5.56 Å². The van der Waals surface area contributed by atoms with E-state index >= 15 is 0 Å². The number of hydrogen-bond acceptors (Lipinski definition) is 4. The van der Waals surface area contributed by atoms with E-state index in [2.05, 4.69) is 5.32 Å². The number of thioether (sulfide) groups is 1. The van der Waals surface area contributed by atoms with Crippen LogP contribution in [0, 0.1) is 0 Å². The van der Waals surface area contributed by atoms with Gasteiger partial charge >= 0.3 is 5.97 Å². The molecule has 0 fully saturated rings. The van der Waals surface area contributed by atoms with E-state index in [0.717, 1.165) is 40.9 Å². The van der Waals surface area contributed by atoms with Crippen molar-refractivity contribution in [2.45, 2.75) is 6.42 Å². The highest BCUT2D eigenvalue weighted by atomic mass is 32.2. The molecular formula is C16H19NO3S. The van der Waals surface area contributed by atoms with Gasteiger partial charge in [-0.25, -0.2) is 4.79 Å². The first-order valence-corrected chi connectivity index (χ1v) is 8.07. The molecule has 0 amide bonds. The minimum absolute atomic E-state index is 0.238. The monoisotopic (exact) mass is 305 g/mol. The van der Waals surface area contributed by atoms with Gasteiger partial charge in [0.25, 0.3) is 0 Å². The lowest BCUT2D eigenvalue weighted by Gasteiger charge is -2.11. The molecule has 0 heterocycles. The highest BCUT2D eigenvalue weighted by molar-refractivity contribution is 7.99. The summed E-state index contributed by atoms with van der Waals surface area (Å²) in [5, 5.41) is 23.0. The third-order valence-electron chi connectivity index (χ3n) is 3.16. The second kappa shape index (κ2) is 7.90. The van der Waals surface area contributed by atoms with Gasteiger partial charge in [0.15, 0.2) is 0 Å². The Kier molecular flexibility index (Phi) is 5.90. The Hall–Kier alpha value is -1.72. The fourth-order valence-electron chi connectivity index (χ4n) is 2.17. The molecule has 0 atom stereocenters. The van der Waals surface area contributed by atoms with Gasteiger partial charge in [-0.15, -0.1) is 0 Å². The molecule has 4 nitrogen and oxygen atoms in total. The number of carboxylic acids is 1. The van der Waals surface area contributed by atoms with Crippen LogP contribution < -0.4 is 5.32 Å². The van der Waals surface area contributed by atoms with Crippen molar-refractivity contribution in [1.82, 2.24) is 0 Å². The lowest BCUT2D eigenvalue weighted by atomic mass is 10.0. The Balaban J connectivity index is 2.07. The van der Waals surface area contributed by atoms with Crippen LogP contribution in [0.5, 0.6) is 0 Å². The molecule has 3 N–H and O–H groups in total. The summed E-state index contributed by atoms with van der Waals surface area (Å²) < 4.78 is 0. The highest BCUT2D eigenvalue weighted by Gasteiger charge is 2.10. The molecule has 2 aromatic carbocycles. The molecule has 0 radical (unpaired) electrons. The topological polar surface area (TPSA) is 69.6 Å². The zero-order valence-corrected chi connectivity index (χ0v) is 12.5. The first-order valence-electron chi connectivity index (χ1n) is 6.91. The molecule has 0 unspecified atom stereocenters. The van der Waals surface area contributed by atoms with Crippen molar-refractivity contribution in [2.75, 3.05) is 30.0 Å². The van der Waals surface area contributed by atoms with Crippen LogP contribution in [0.4, 0.5) is 5.69 Å². The zero-order chi connectivity index (χ0) is 15.1. The van der Waals surface area contributed by atoms with Crippen LogP contribution in [0.15, 0.2) is 36.4 Å². The second-order valence-corrected chi connectivity index (χ2v) is 5.85. The predicted molar refractivity (Wildman–Crippen MR) is 88.4 cm³/mol. The fraction of sp³-hybridized carbons (Fsp3) is 0.312.